The van der Waals surface area contributed by atoms with Crippen LogP contribution in [-0.4, -0.2) is 34.0 Å². The van der Waals surface area contributed by atoms with Gasteiger partial charge in [0.15, 0.2) is 5.13 Å². The molecule has 1 amide bonds. The summed E-state index contributed by atoms with van der Waals surface area (Å²) in [6, 6.07) is 7.29. The third kappa shape index (κ3) is 4.12. The maximum Gasteiger partial charge on any atom is 0.277 e. The lowest BCUT2D eigenvalue weighted by Gasteiger charge is -1.99. The molecule has 0 fully saturated rings. The number of hydrogen-bond acceptors (Lipinski definition) is 8. The molecule has 0 saturated carbocycles. The molecule has 0 spiro atoms. The first-order valence-electron chi connectivity index (χ1n) is 6.97. The molecule has 0 radical (unpaired) electrons. The van der Waals surface area contributed by atoms with Crippen molar-refractivity contribution in [3.05, 3.63) is 35.3 Å². The van der Waals surface area contributed by atoms with Crippen molar-refractivity contribution in [2.45, 2.75) is 12.1 Å². The molecule has 0 bridgehead atoms. The lowest BCUT2D eigenvalue weighted by atomic mass is 10.2. The Bertz CT molecular complexity index is 829. The van der Waals surface area contributed by atoms with E-state index in [1.807, 2.05) is 31.2 Å². The van der Waals surface area contributed by atoms with Crippen LogP contribution >= 0.6 is 23.1 Å². The van der Waals surface area contributed by atoms with E-state index >= 15 is 0 Å². The van der Waals surface area contributed by atoms with Crippen molar-refractivity contribution in [1.82, 2.24) is 15.2 Å². The number of benzene rings is 1. The molecule has 124 valence electrons. The van der Waals surface area contributed by atoms with Gasteiger partial charge in [-0.1, -0.05) is 11.8 Å². The van der Waals surface area contributed by atoms with Gasteiger partial charge in [-0.15, -0.1) is 21.5 Å². The normalized spacial score (nSPS) is 10.6. The van der Waals surface area contributed by atoms with Gasteiger partial charge < -0.3 is 14.5 Å². The summed E-state index contributed by atoms with van der Waals surface area (Å²) in [4.78, 5) is 17.0. The molecule has 0 atom stereocenters. The van der Waals surface area contributed by atoms with Crippen LogP contribution in [0.25, 0.3) is 11.5 Å². The fraction of sp³-hybridized carbons (Fsp3) is 0.200. The summed E-state index contributed by atoms with van der Waals surface area (Å²) in [6.45, 7) is 1.93. The number of carbonyl (C=O) groups is 1. The quantitative estimate of drug-likeness (QED) is 0.673. The highest BCUT2D eigenvalue weighted by Gasteiger charge is 2.12. The van der Waals surface area contributed by atoms with Crippen molar-refractivity contribution in [2.75, 3.05) is 18.2 Å². The largest absolute Gasteiger partial charge is 0.497 e. The van der Waals surface area contributed by atoms with Crippen LogP contribution in [-0.2, 0) is 4.79 Å². The topological polar surface area (TPSA) is 90.1 Å². The Morgan fingerprint density at radius 3 is 2.79 bits per heavy atom. The molecule has 7 nitrogen and oxygen atoms in total. The Hall–Kier alpha value is -2.39. The molecular formula is C15H14N4O3S2. The molecule has 24 heavy (non-hydrogen) atoms. The van der Waals surface area contributed by atoms with Crippen LogP contribution in [0.3, 0.4) is 0 Å². The number of aryl methyl sites for hydroxylation is 1. The van der Waals surface area contributed by atoms with E-state index in [0.717, 1.165) is 16.2 Å². The second-order valence-corrected chi connectivity index (χ2v) is 6.88. The van der Waals surface area contributed by atoms with Gasteiger partial charge in [-0.05, 0) is 31.2 Å². The fourth-order valence-electron chi connectivity index (χ4n) is 1.81. The van der Waals surface area contributed by atoms with Gasteiger partial charge in [-0.2, -0.15) is 0 Å². The minimum Gasteiger partial charge on any atom is -0.497 e. The number of nitrogens with one attached hydrogen (secondary N) is 1. The predicted molar refractivity (Wildman–Crippen MR) is 92.5 cm³/mol. The number of aromatic nitrogens is 3. The zero-order chi connectivity index (χ0) is 16.9. The average Bonchev–Trinajstić information content (AvgIpc) is 3.22. The number of ether oxygens (including phenoxy) is 1. The summed E-state index contributed by atoms with van der Waals surface area (Å²) in [6.07, 6.45) is 1.71. The standard InChI is InChI=1S/C15H14N4O3S2/c1-9-7-16-14(24-9)17-12(20)8-23-15-19-18-13(22-15)10-3-5-11(21-2)6-4-10/h3-7H,8H2,1-2H3,(H,16,17,20). The molecule has 9 heteroatoms. The van der Waals surface area contributed by atoms with E-state index in [0.29, 0.717) is 16.2 Å². The minimum absolute atomic E-state index is 0.168. The number of amides is 1. The average molecular weight is 362 g/mol. The first-order valence-corrected chi connectivity index (χ1v) is 8.77. The highest BCUT2D eigenvalue weighted by molar-refractivity contribution is 7.99. The van der Waals surface area contributed by atoms with Crippen LogP contribution in [0.1, 0.15) is 4.88 Å². The summed E-state index contributed by atoms with van der Waals surface area (Å²) in [5.41, 5.74) is 0.790. The van der Waals surface area contributed by atoms with E-state index in [1.54, 1.807) is 13.3 Å². The van der Waals surface area contributed by atoms with Gasteiger partial charge in [0.05, 0.1) is 12.9 Å². The van der Waals surface area contributed by atoms with Crippen LogP contribution in [0.2, 0.25) is 0 Å². The predicted octanol–water partition coefficient (Wildman–Crippen LogP) is 3.24. The highest BCUT2D eigenvalue weighted by Crippen LogP contribution is 2.25. The molecule has 0 saturated heterocycles. The second kappa shape index (κ2) is 7.45. The van der Waals surface area contributed by atoms with E-state index in [-0.39, 0.29) is 11.7 Å². The molecule has 3 aromatic rings. The smallest absolute Gasteiger partial charge is 0.277 e. The Labute approximate surface area is 146 Å². The molecule has 0 aliphatic heterocycles. The summed E-state index contributed by atoms with van der Waals surface area (Å²) < 4.78 is 10.7. The van der Waals surface area contributed by atoms with Crippen molar-refractivity contribution in [3.63, 3.8) is 0 Å². The number of methoxy groups -OCH3 is 1. The van der Waals surface area contributed by atoms with Gasteiger partial charge in [0.2, 0.25) is 11.8 Å². The molecule has 0 aliphatic rings. The molecular weight excluding hydrogens is 348 g/mol. The van der Waals surface area contributed by atoms with E-state index in [9.17, 15) is 4.79 Å². The first kappa shape index (κ1) is 16.5. The molecule has 2 aromatic heterocycles. The summed E-state index contributed by atoms with van der Waals surface area (Å²) in [5, 5.41) is 11.6. The zero-order valence-electron chi connectivity index (χ0n) is 13.0. The van der Waals surface area contributed by atoms with E-state index in [1.165, 1.54) is 23.1 Å². The fourth-order valence-corrected chi connectivity index (χ4v) is 3.06. The van der Waals surface area contributed by atoms with E-state index in [2.05, 4.69) is 20.5 Å². The summed E-state index contributed by atoms with van der Waals surface area (Å²) in [5.74, 6) is 1.15. The molecule has 0 unspecified atom stereocenters. The van der Waals surface area contributed by atoms with Gasteiger partial charge in [0.25, 0.3) is 5.22 Å². The van der Waals surface area contributed by atoms with Crippen molar-refractivity contribution in [2.24, 2.45) is 0 Å². The van der Waals surface area contributed by atoms with Gasteiger partial charge in [0, 0.05) is 16.6 Å². The zero-order valence-corrected chi connectivity index (χ0v) is 14.6. The van der Waals surface area contributed by atoms with Crippen LogP contribution in [0.4, 0.5) is 5.13 Å². The van der Waals surface area contributed by atoms with E-state index < -0.39 is 0 Å². The van der Waals surface area contributed by atoms with Crippen molar-refractivity contribution in [3.8, 4) is 17.2 Å². The van der Waals surface area contributed by atoms with Crippen LogP contribution in [0, 0.1) is 6.92 Å². The van der Waals surface area contributed by atoms with Crippen LogP contribution in [0.15, 0.2) is 40.1 Å². The van der Waals surface area contributed by atoms with Crippen molar-refractivity contribution in [1.29, 1.82) is 0 Å². The van der Waals surface area contributed by atoms with Gasteiger partial charge in [-0.25, -0.2) is 4.98 Å². The maximum absolute atomic E-state index is 11.9. The highest BCUT2D eigenvalue weighted by atomic mass is 32.2. The molecule has 2 heterocycles. The number of nitrogens with zero attached hydrogens (tertiary/aromatic N) is 3. The van der Waals surface area contributed by atoms with Gasteiger partial charge >= 0.3 is 0 Å². The SMILES string of the molecule is COc1ccc(-c2nnc(SCC(=O)Nc3ncc(C)s3)o2)cc1. The number of rotatable bonds is 6. The van der Waals surface area contributed by atoms with E-state index in [4.69, 9.17) is 9.15 Å². The monoisotopic (exact) mass is 362 g/mol. The summed E-state index contributed by atoms with van der Waals surface area (Å²) in [7, 11) is 1.61. The Morgan fingerprint density at radius 1 is 1.33 bits per heavy atom. The Balaban J connectivity index is 1.56. The van der Waals surface area contributed by atoms with Crippen LogP contribution in [0.5, 0.6) is 5.75 Å². The Morgan fingerprint density at radius 2 is 2.12 bits per heavy atom. The summed E-state index contributed by atoms with van der Waals surface area (Å²) >= 11 is 2.61. The third-order valence-corrected chi connectivity index (χ3v) is 4.58. The lowest BCUT2D eigenvalue weighted by molar-refractivity contribution is -0.113. The van der Waals surface area contributed by atoms with Crippen molar-refractivity contribution < 1.29 is 13.9 Å². The molecule has 1 N–H and O–H groups in total. The minimum atomic E-state index is -0.168. The second-order valence-electron chi connectivity index (χ2n) is 4.71. The molecule has 0 aliphatic carbocycles. The van der Waals surface area contributed by atoms with Gasteiger partial charge in [-0.3, -0.25) is 4.79 Å². The molecule has 3 rings (SSSR count). The maximum atomic E-state index is 11.9. The molecule has 1 aromatic carbocycles. The number of thioether (sulfide) groups is 1. The number of thiazole rings is 1. The third-order valence-electron chi connectivity index (χ3n) is 2.94. The van der Waals surface area contributed by atoms with Gasteiger partial charge in [0.1, 0.15) is 5.75 Å². The van der Waals surface area contributed by atoms with Crippen molar-refractivity contribution >= 4 is 34.1 Å². The number of carbonyl (C=O) groups excluding carboxylic acids is 1. The Kier molecular flexibility index (Phi) is 5.11. The first-order chi connectivity index (χ1) is 11.6. The van der Waals surface area contributed by atoms with Crippen LogP contribution < -0.4 is 10.1 Å². The lowest BCUT2D eigenvalue weighted by Crippen LogP contribution is -2.13. The number of hydrogen-bond donors (Lipinski definition) is 1. The number of anilines is 1.